The van der Waals surface area contributed by atoms with Crippen molar-refractivity contribution in [1.29, 1.82) is 0 Å². The van der Waals surface area contributed by atoms with Gasteiger partial charge in [-0.05, 0) is 61.7 Å². The van der Waals surface area contributed by atoms with Crippen molar-refractivity contribution in [2.24, 2.45) is 16.5 Å². The number of carbonyl (C=O) groups excluding carboxylic acids is 3. The normalized spacial score (nSPS) is 11.2. The molecule has 2 aromatic rings. The lowest BCUT2D eigenvalue weighted by Gasteiger charge is -2.13. The standard InChI is InChI=1S/C24H30N4O5/c1-3-4-15-27-22(30)16(2)32-21(29)14-7-17-5-12-20(13-6-17)33-23(31)18-8-10-19(11-9-18)28-24(25)26/h5-6,8-13,16H,3-4,7,14-15H2,1-2H3,(H,27,30)(H4,25,26,28). The molecule has 176 valence electrons. The third-order valence-corrected chi connectivity index (χ3v) is 4.62. The molecule has 0 saturated carbocycles. The summed E-state index contributed by atoms with van der Waals surface area (Å²) >= 11 is 0. The number of aliphatic imine (C=N–C) groups is 1. The largest absolute Gasteiger partial charge is 0.453 e. The highest BCUT2D eigenvalue weighted by molar-refractivity contribution is 5.91. The number of carbonyl (C=O) groups is 3. The molecule has 0 heterocycles. The summed E-state index contributed by atoms with van der Waals surface area (Å²) in [5.41, 5.74) is 12.4. The van der Waals surface area contributed by atoms with E-state index in [2.05, 4.69) is 10.3 Å². The van der Waals surface area contributed by atoms with Gasteiger partial charge in [0.1, 0.15) is 5.75 Å². The zero-order valence-corrected chi connectivity index (χ0v) is 18.9. The summed E-state index contributed by atoms with van der Waals surface area (Å²) in [6.45, 7) is 4.15. The Labute approximate surface area is 193 Å². The maximum atomic E-state index is 12.3. The molecule has 33 heavy (non-hydrogen) atoms. The second kappa shape index (κ2) is 12.8. The summed E-state index contributed by atoms with van der Waals surface area (Å²) in [6.07, 6.45) is 1.59. The fraction of sp³-hybridized carbons (Fsp3) is 0.333. The predicted molar refractivity (Wildman–Crippen MR) is 125 cm³/mol. The Balaban J connectivity index is 1.80. The molecule has 1 atom stereocenters. The minimum atomic E-state index is -0.829. The Hall–Kier alpha value is -3.88. The van der Waals surface area contributed by atoms with Crippen LogP contribution in [0.15, 0.2) is 53.5 Å². The lowest BCUT2D eigenvalue weighted by Crippen LogP contribution is -2.36. The molecule has 0 aliphatic heterocycles. The van der Waals surface area contributed by atoms with E-state index in [4.69, 9.17) is 20.9 Å². The van der Waals surface area contributed by atoms with Crippen molar-refractivity contribution in [2.45, 2.75) is 45.6 Å². The number of hydrogen-bond donors (Lipinski definition) is 3. The molecule has 9 nitrogen and oxygen atoms in total. The average molecular weight is 455 g/mol. The molecule has 5 N–H and O–H groups in total. The summed E-state index contributed by atoms with van der Waals surface area (Å²) in [6, 6.07) is 13.2. The molecule has 0 spiro atoms. The molecule has 0 saturated heterocycles. The number of aryl methyl sites for hydroxylation is 1. The molecular formula is C24H30N4O5. The predicted octanol–water partition coefficient (Wildman–Crippen LogP) is 2.59. The van der Waals surface area contributed by atoms with Gasteiger partial charge in [-0.3, -0.25) is 9.59 Å². The topological polar surface area (TPSA) is 146 Å². The van der Waals surface area contributed by atoms with Gasteiger partial charge in [-0.25, -0.2) is 9.79 Å². The first kappa shape index (κ1) is 25.4. The van der Waals surface area contributed by atoms with Gasteiger partial charge >= 0.3 is 11.9 Å². The van der Waals surface area contributed by atoms with Gasteiger partial charge in [-0.15, -0.1) is 0 Å². The van der Waals surface area contributed by atoms with Crippen molar-refractivity contribution in [3.63, 3.8) is 0 Å². The van der Waals surface area contributed by atoms with Crippen molar-refractivity contribution in [3.8, 4) is 5.75 Å². The summed E-state index contributed by atoms with van der Waals surface area (Å²) in [7, 11) is 0. The van der Waals surface area contributed by atoms with Crippen LogP contribution in [-0.2, 0) is 20.7 Å². The minimum Gasteiger partial charge on any atom is -0.453 e. The number of nitrogens with zero attached hydrogens (tertiary/aromatic N) is 1. The summed E-state index contributed by atoms with van der Waals surface area (Å²) in [5.74, 6) is -0.964. The number of amides is 1. The van der Waals surface area contributed by atoms with Crippen molar-refractivity contribution in [1.82, 2.24) is 5.32 Å². The summed E-state index contributed by atoms with van der Waals surface area (Å²) < 4.78 is 10.5. The van der Waals surface area contributed by atoms with Crippen LogP contribution in [0.4, 0.5) is 5.69 Å². The molecule has 0 aromatic heterocycles. The number of esters is 2. The molecule has 0 aliphatic carbocycles. The lowest BCUT2D eigenvalue weighted by atomic mass is 10.1. The quantitative estimate of drug-likeness (QED) is 0.155. The van der Waals surface area contributed by atoms with E-state index >= 15 is 0 Å². The highest BCUT2D eigenvalue weighted by Gasteiger charge is 2.17. The monoisotopic (exact) mass is 454 g/mol. The van der Waals surface area contributed by atoms with Crippen LogP contribution in [0.2, 0.25) is 0 Å². The number of rotatable bonds is 11. The summed E-state index contributed by atoms with van der Waals surface area (Å²) in [4.78, 5) is 40.1. The third-order valence-electron chi connectivity index (χ3n) is 4.62. The summed E-state index contributed by atoms with van der Waals surface area (Å²) in [5, 5.41) is 2.73. The van der Waals surface area contributed by atoms with Crippen molar-refractivity contribution < 1.29 is 23.9 Å². The van der Waals surface area contributed by atoms with Crippen molar-refractivity contribution in [2.75, 3.05) is 6.54 Å². The van der Waals surface area contributed by atoms with E-state index in [-0.39, 0.29) is 18.3 Å². The van der Waals surface area contributed by atoms with Crippen molar-refractivity contribution in [3.05, 3.63) is 59.7 Å². The number of nitrogens with one attached hydrogen (secondary N) is 1. The van der Waals surface area contributed by atoms with E-state index in [1.54, 1.807) is 55.5 Å². The van der Waals surface area contributed by atoms with E-state index in [1.807, 2.05) is 6.92 Å². The number of nitrogens with two attached hydrogens (primary N) is 2. The van der Waals surface area contributed by atoms with E-state index in [0.717, 1.165) is 18.4 Å². The zero-order chi connectivity index (χ0) is 24.2. The van der Waals surface area contributed by atoms with Crippen LogP contribution in [0.3, 0.4) is 0 Å². The first-order valence-electron chi connectivity index (χ1n) is 10.8. The van der Waals surface area contributed by atoms with Gasteiger partial charge in [0.15, 0.2) is 12.1 Å². The van der Waals surface area contributed by atoms with Gasteiger partial charge in [0.25, 0.3) is 5.91 Å². The Bertz CT molecular complexity index is 967. The number of hydrogen-bond acceptors (Lipinski definition) is 6. The highest BCUT2D eigenvalue weighted by atomic mass is 16.5. The minimum absolute atomic E-state index is 0.0684. The Kier molecular flexibility index (Phi) is 9.88. The highest BCUT2D eigenvalue weighted by Crippen LogP contribution is 2.17. The second-order valence-corrected chi connectivity index (χ2v) is 7.39. The first-order chi connectivity index (χ1) is 15.8. The van der Waals surface area contributed by atoms with E-state index in [1.165, 1.54) is 0 Å². The molecular weight excluding hydrogens is 424 g/mol. The molecule has 0 fully saturated rings. The number of unbranched alkanes of at least 4 members (excludes halogenated alkanes) is 1. The lowest BCUT2D eigenvalue weighted by molar-refractivity contribution is -0.154. The van der Waals surface area contributed by atoms with Crippen LogP contribution in [0.5, 0.6) is 5.75 Å². The van der Waals surface area contributed by atoms with Gasteiger partial charge in [0.05, 0.1) is 11.3 Å². The third kappa shape index (κ3) is 9.02. The molecule has 9 heteroatoms. The van der Waals surface area contributed by atoms with E-state index in [0.29, 0.717) is 30.0 Å². The van der Waals surface area contributed by atoms with Gasteiger partial charge in [0.2, 0.25) is 0 Å². The van der Waals surface area contributed by atoms with Crippen LogP contribution in [0.25, 0.3) is 0 Å². The number of ether oxygens (including phenoxy) is 2. The van der Waals surface area contributed by atoms with Gasteiger partial charge in [-0.2, -0.15) is 0 Å². The molecule has 2 aromatic carbocycles. The molecule has 0 aliphatic rings. The van der Waals surface area contributed by atoms with Gasteiger partial charge < -0.3 is 26.3 Å². The van der Waals surface area contributed by atoms with Gasteiger partial charge in [0, 0.05) is 13.0 Å². The van der Waals surface area contributed by atoms with Crippen molar-refractivity contribution >= 4 is 29.5 Å². The fourth-order valence-electron chi connectivity index (χ4n) is 2.80. The first-order valence-corrected chi connectivity index (χ1v) is 10.8. The molecule has 1 unspecified atom stereocenters. The Morgan fingerprint density at radius 1 is 1.03 bits per heavy atom. The van der Waals surface area contributed by atoms with Gasteiger partial charge in [-0.1, -0.05) is 25.5 Å². The Morgan fingerprint density at radius 3 is 2.30 bits per heavy atom. The van der Waals surface area contributed by atoms with E-state index in [9.17, 15) is 14.4 Å². The average Bonchev–Trinajstić information content (AvgIpc) is 2.78. The maximum Gasteiger partial charge on any atom is 0.343 e. The number of benzene rings is 2. The number of guanidine groups is 1. The van der Waals surface area contributed by atoms with Crippen LogP contribution in [0, 0.1) is 0 Å². The molecule has 0 bridgehead atoms. The van der Waals surface area contributed by atoms with Crippen LogP contribution >= 0.6 is 0 Å². The van der Waals surface area contributed by atoms with Crippen LogP contribution in [-0.4, -0.2) is 36.5 Å². The zero-order valence-electron chi connectivity index (χ0n) is 18.9. The second-order valence-electron chi connectivity index (χ2n) is 7.39. The molecule has 0 radical (unpaired) electrons. The fourth-order valence-corrected chi connectivity index (χ4v) is 2.80. The maximum absolute atomic E-state index is 12.3. The van der Waals surface area contributed by atoms with E-state index < -0.39 is 18.0 Å². The van der Waals surface area contributed by atoms with Crippen LogP contribution < -0.4 is 21.5 Å². The molecule has 1 amide bonds. The molecule has 2 rings (SSSR count). The smallest absolute Gasteiger partial charge is 0.343 e. The van der Waals surface area contributed by atoms with Crippen LogP contribution in [0.1, 0.15) is 49.0 Å². The SMILES string of the molecule is CCCCNC(=O)C(C)OC(=O)CCc1ccc(OC(=O)c2ccc(N=C(N)N)cc2)cc1. The Morgan fingerprint density at radius 2 is 1.70 bits per heavy atom.